The summed E-state index contributed by atoms with van der Waals surface area (Å²) in [6.07, 6.45) is 0. The Balaban J connectivity index is 4.50. The van der Waals surface area contributed by atoms with Crippen molar-refractivity contribution in [3.05, 3.63) is 0 Å². The number of aliphatic hydroxyl groups excluding tert-OH is 1. The molecule has 1 atom stereocenters. The number of hydrogen-bond acceptors (Lipinski definition) is 3. The molecule has 3 heteroatoms. The van der Waals surface area contributed by atoms with Crippen molar-refractivity contribution in [1.29, 1.82) is 0 Å². The third kappa shape index (κ3) is 2.60. The van der Waals surface area contributed by atoms with Crippen molar-refractivity contribution >= 4 is 5.78 Å². The molecule has 0 aromatic heterocycles. The molecule has 0 aliphatic heterocycles. The van der Waals surface area contributed by atoms with E-state index in [-0.39, 0.29) is 12.4 Å². The number of hydrogen-bond donors (Lipinski definition) is 2. The van der Waals surface area contributed by atoms with Crippen LogP contribution in [0.25, 0.3) is 0 Å². The van der Waals surface area contributed by atoms with Gasteiger partial charge >= 0.3 is 0 Å². The SMILES string of the molecule is CC(C)(C)C(=O)[C@](C)(N)CO. The smallest absolute Gasteiger partial charge is 0.159 e. The number of ketones is 1. The molecule has 0 saturated heterocycles. The molecule has 0 rings (SSSR count). The lowest BCUT2D eigenvalue weighted by Crippen LogP contribution is -2.53. The predicted molar refractivity (Wildman–Crippen MR) is 44.1 cm³/mol. The number of carbonyl (C=O) groups excluding carboxylic acids is 1. The number of carbonyl (C=O) groups is 1. The molecule has 0 bridgehead atoms. The van der Waals surface area contributed by atoms with Crippen LogP contribution in [0.3, 0.4) is 0 Å². The van der Waals surface area contributed by atoms with Gasteiger partial charge in [-0.2, -0.15) is 0 Å². The predicted octanol–water partition coefficient (Wildman–Crippen LogP) is 0.311. The molecule has 0 amide bonds. The first-order valence-corrected chi connectivity index (χ1v) is 3.66. The maximum atomic E-state index is 11.4. The van der Waals surface area contributed by atoms with E-state index in [0.29, 0.717) is 0 Å². The quantitative estimate of drug-likeness (QED) is 0.609. The zero-order valence-corrected chi connectivity index (χ0v) is 7.64. The van der Waals surface area contributed by atoms with Crippen molar-refractivity contribution < 1.29 is 9.90 Å². The Kier molecular flexibility index (Phi) is 2.80. The van der Waals surface area contributed by atoms with Crippen LogP contribution < -0.4 is 5.73 Å². The van der Waals surface area contributed by atoms with Crippen LogP contribution in [0.1, 0.15) is 27.7 Å². The molecule has 0 saturated carbocycles. The van der Waals surface area contributed by atoms with Gasteiger partial charge in [0.25, 0.3) is 0 Å². The first-order valence-electron chi connectivity index (χ1n) is 3.66. The van der Waals surface area contributed by atoms with E-state index in [1.54, 1.807) is 27.7 Å². The highest BCUT2D eigenvalue weighted by Crippen LogP contribution is 2.20. The summed E-state index contributed by atoms with van der Waals surface area (Å²) in [5.74, 6) is -0.118. The first kappa shape index (κ1) is 10.6. The van der Waals surface area contributed by atoms with Crippen LogP contribution >= 0.6 is 0 Å². The van der Waals surface area contributed by atoms with Gasteiger partial charge in [-0.3, -0.25) is 4.79 Å². The fourth-order valence-electron chi connectivity index (χ4n) is 0.928. The van der Waals surface area contributed by atoms with E-state index in [4.69, 9.17) is 10.8 Å². The Morgan fingerprint density at radius 3 is 1.82 bits per heavy atom. The van der Waals surface area contributed by atoms with Crippen LogP contribution in [-0.4, -0.2) is 23.0 Å². The van der Waals surface area contributed by atoms with Gasteiger partial charge in [-0.25, -0.2) is 0 Å². The van der Waals surface area contributed by atoms with E-state index in [0.717, 1.165) is 0 Å². The van der Waals surface area contributed by atoms with Gasteiger partial charge in [0.2, 0.25) is 0 Å². The molecule has 0 radical (unpaired) electrons. The van der Waals surface area contributed by atoms with E-state index in [1.165, 1.54) is 0 Å². The summed E-state index contributed by atoms with van der Waals surface area (Å²) in [5, 5.41) is 8.78. The van der Waals surface area contributed by atoms with Crippen LogP contribution in [0.15, 0.2) is 0 Å². The number of nitrogens with two attached hydrogens (primary N) is 1. The molecule has 0 spiro atoms. The Morgan fingerprint density at radius 1 is 1.36 bits per heavy atom. The van der Waals surface area contributed by atoms with Crippen LogP contribution in [0.4, 0.5) is 0 Å². The third-order valence-electron chi connectivity index (χ3n) is 1.53. The highest BCUT2D eigenvalue weighted by Gasteiger charge is 2.35. The largest absolute Gasteiger partial charge is 0.394 e. The van der Waals surface area contributed by atoms with Crippen molar-refractivity contribution in [2.45, 2.75) is 33.2 Å². The lowest BCUT2D eigenvalue weighted by atomic mass is 9.80. The summed E-state index contributed by atoms with van der Waals surface area (Å²) in [6.45, 7) is 6.60. The van der Waals surface area contributed by atoms with E-state index in [9.17, 15) is 4.79 Å². The van der Waals surface area contributed by atoms with Crippen molar-refractivity contribution in [3.8, 4) is 0 Å². The maximum absolute atomic E-state index is 11.4. The van der Waals surface area contributed by atoms with Crippen molar-refractivity contribution in [3.63, 3.8) is 0 Å². The second-order valence-electron chi connectivity index (χ2n) is 4.15. The van der Waals surface area contributed by atoms with Gasteiger partial charge in [0.15, 0.2) is 5.78 Å². The minimum Gasteiger partial charge on any atom is -0.394 e. The zero-order valence-electron chi connectivity index (χ0n) is 7.64. The van der Waals surface area contributed by atoms with Gasteiger partial charge in [0.1, 0.15) is 0 Å². The number of Topliss-reactive ketones (excluding diaryl/α,β-unsaturated/α-hetero) is 1. The van der Waals surface area contributed by atoms with Crippen molar-refractivity contribution in [1.82, 2.24) is 0 Å². The van der Waals surface area contributed by atoms with E-state index < -0.39 is 11.0 Å². The molecule has 0 aliphatic carbocycles. The average Bonchev–Trinajstić information content (AvgIpc) is 1.84. The Bertz CT molecular complexity index is 156. The normalized spacial score (nSPS) is 17.6. The Labute approximate surface area is 67.6 Å². The summed E-state index contributed by atoms with van der Waals surface area (Å²) in [6, 6.07) is 0. The second kappa shape index (κ2) is 2.91. The lowest BCUT2D eigenvalue weighted by Gasteiger charge is -2.28. The number of aliphatic hydroxyl groups is 1. The number of rotatable bonds is 2. The standard InChI is InChI=1S/C8H17NO2/c1-7(2,3)6(11)8(4,9)5-10/h10H,5,9H2,1-4H3/t8-/m1/s1. The van der Waals surface area contributed by atoms with Crippen LogP contribution in [0, 0.1) is 5.41 Å². The molecular weight excluding hydrogens is 142 g/mol. The van der Waals surface area contributed by atoms with E-state index in [2.05, 4.69) is 0 Å². The van der Waals surface area contributed by atoms with E-state index in [1.807, 2.05) is 0 Å². The molecule has 3 N–H and O–H groups in total. The molecule has 0 aliphatic rings. The average molecular weight is 159 g/mol. The summed E-state index contributed by atoms with van der Waals surface area (Å²) in [5.41, 5.74) is 3.97. The van der Waals surface area contributed by atoms with Gasteiger partial charge in [-0.15, -0.1) is 0 Å². The summed E-state index contributed by atoms with van der Waals surface area (Å²) >= 11 is 0. The minimum atomic E-state index is -1.10. The van der Waals surface area contributed by atoms with Crippen molar-refractivity contribution in [2.75, 3.05) is 6.61 Å². The highest BCUT2D eigenvalue weighted by atomic mass is 16.3. The molecule has 0 heterocycles. The Hall–Kier alpha value is -0.410. The summed E-state index contributed by atoms with van der Waals surface area (Å²) in [7, 11) is 0. The zero-order chi connectivity index (χ0) is 9.28. The van der Waals surface area contributed by atoms with Crippen LogP contribution in [0.5, 0.6) is 0 Å². The van der Waals surface area contributed by atoms with E-state index >= 15 is 0 Å². The summed E-state index contributed by atoms with van der Waals surface area (Å²) in [4.78, 5) is 11.4. The molecular formula is C8H17NO2. The monoisotopic (exact) mass is 159 g/mol. The maximum Gasteiger partial charge on any atom is 0.159 e. The molecule has 66 valence electrons. The first-order chi connectivity index (χ1) is 4.72. The molecule has 11 heavy (non-hydrogen) atoms. The molecule has 0 aromatic carbocycles. The van der Waals surface area contributed by atoms with Crippen LogP contribution in [-0.2, 0) is 4.79 Å². The van der Waals surface area contributed by atoms with Gasteiger partial charge in [-0.05, 0) is 6.92 Å². The fourth-order valence-corrected chi connectivity index (χ4v) is 0.928. The molecule has 0 aromatic rings. The van der Waals surface area contributed by atoms with Crippen molar-refractivity contribution in [2.24, 2.45) is 11.1 Å². The van der Waals surface area contributed by atoms with Gasteiger partial charge < -0.3 is 10.8 Å². The molecule has 0 fully saturated rings. The lowest BCUT2D eigenvalue weighted by molar-refractivity contribution is -0.132. The van der Waals surface area contributed by atoms with Crippen LogP contribution in [0.2, 0.25) is 0 Å². The molecule has 0 unspecified atom stereocenters. The second-order valence-corrected chi connectivity index (χ2v) is 4.15. The minimum absolute atomic E-state index is 0.118. The highest BCUT2D eigenvalue weighted by molar-refractivity contribution is 5.92. The summed E-state index contributed by atoms with van der Waals surface area (Å²) < 4.78 is 0. The van der Waals surface area contributed by atoms with Gasteiger partial charge in [0, 0.05) is 5.41 Å². The van der Waals surface area contributed by atoms with Gasteiger partial charge in [-0.1, -0.05) is 20.8 Å². The molecule has 3 nitrogen and oxygen atoms in total. The topological polar surface area (TPSA) is 63.3 Å². The van der Waals surface area contributed by atoms with Gasteiger partial charge in [0.05, 0.1) is 12.1 Å². The fraction of sp³-hybridized carbons (Fsp3) is 0.875. The Morgan fingerprint density at radius 2 is 1.73 bits per heavy atom. The third-order valence-corrected chi connectivity index (χ3v) is 1.53.